The summed E-state index contributed by atoms with van der Waals surface area (Å²) in [6.45, 7) is 0.561. The number of benzene rings is 3. The highest BCUT2D eigenvalue weighted by molar-refractivity contribution is 6.33. The Hall–Kier alpha value is -3.84. The summed E-state index contributed by atoms with van der Waals surface area (Å²) in [6.07, 6.45) is 1.54. The summed E-state index contributed by atoms with van der Waals surface area (Å²) in [7, 11) is 1.61. The molecule has 1 N–H and O–H groups in total. The molecule has 33 heavy (non-hydrogen) atoms. The standard InChI is InChI=1S/C25H21ClFN3O3/c1-32-20-10-12-21(13-11-20)33-16-17-6-8-18(9-7-17)25(31)28-24-22(26)15-30(29-24)14-19-4-2-3-5-23(19)27/h2-13,15H,14,16H2,1H3,(H,28,29,31). The number of amides is 1. The normalized spacial score (nSPS) is 10.6. The number of carbonyl (C=O) groups is 1. The van der Waals surface area contributed by atoms with Gasteiger partial charge in [-0.15, -0.1) is 0 Å². The number of halogens is 2. The van der Waals surface area contributed by atoms with Crippen molar-refractivity contribution in [2.75, 3.05) is 12.4 Å². The van der Waals surface area contributed by atoms with Gasteiger partial charge in [0.25, 0.3) is 5.91 Å². The maximum Gasteiger partial charge on any atom is 0.256 e. The molecule has 0 aliphatic rings. The molecule has 0 aliphatic heterocycles. The van der Waals surface area contributed by atoms with Crippen LogP contribution in [0.1, 0.15) is 21.5 Å². The fourth-order valence-electron chi connectivity index (χ4n) is 3.13. The van der Waals surface area contributed by atoms with E-state index in [0.717, 1.165) is 17.1 Å². The first-order valence-corrected chi connectivity index (χ1v) is 10.5. The molecule has 168 valence electrons. The van der Waals surface area contributed by atoms with Gasteiger partial charge in [-0.25, -0.2) is 4.39 Å². The van der Waals surface area contributed by atoms with Crippen molar-refractivity contribution in [2.45, 2.75) is 13.2 Å². The van der Waals surface area contributed by atoms with Crippen molar-refractivity contribution in [1.29, 1.82) is 0 Å². The lowest BCUT2D eigenvalue weighted by atomic mass is 10.1. The predicted molar refractivity (Wildman–Crippen MR) is 124 cm³/mol. The Kier molecular flexibility index (Phi) is 6.90. The maximum atomic E-state index is 13.9. The molecule has 1 amide bonds. The Balaban J connectivity index is 1.35. The van der Waals surface area contributed by atoms with E-state index in [-0.39, 0.29) is 29.1 Å². The van der Waals surface area contributed by atoms with Crippen LogP contribution in [0.5, 0.6) is 11.5 Å². The molecule has 0 fully saturated rings. The molecule has 0 radical (unpaired) electrons. The Morgan fingerprint density at radius 3 is 2.42 bits per heavy atom. The number of hydrogen-bond donors (Lipinski definition) is 1. The minimum atomic E-state index is -0.351. The first-order valence-electron chi connectivity index (χ1n) is 10.2. The number of rotatable bonds is 8. The monoisotopic (exact) mass is 465 g/mol. The molecule has 0 aliphatic carbocycles. The Morgan fingerprint density at radius 1 is 1.03 bits per heavy atom. The molecule has 6 nitrogen and oxygen atoms in total. The molecule has 3 aromatic carbocycles. The van der Waals surface area contributed by atoms with Crippen molar-refractivity contribution in [1.82, 2.24) is 9.78 Å². The smallest absolute Gasteiger partial charge is 0.256 e. The number of ether oxygens (including phenoxy) is 2. The molecule has 8 heteroatoms. The highest BCUT2D eigenvalue weighted by Crippen LogP contribution is 2.22. The van der Waals surface area contributed by atoms with Crippen LogP contribution in [0.15, 0.2) is 79.0 Å². The maximum absolute atomic E-state index is 13.9. The van der Waals surface area contributed by atoms with Gasteiger partial charge in [-0.1, -0.05) is 41.9 Å². The van der Waals surface area contributed by atoms with E-state index in [1.807, 2.05) is 36.4 Å². The van der Waals surface area contributed by atoms with Gasteiger partial charge >= 0.3 is 0 Å². The van der Waals surface area contributed by atoms with Crippen molar-refractivity contribution in [2.24, 2.45) is 0 Å². The summed E-state index contributed by atoms with van der Waals surface area (Å²) >= 11 is 6.21. The van der Waals surface area contributed by atoms with Crippen molar-refractivity contribution in [3.8, 4) is 11.5 Å². The van der Waals surface area contributed by atoms with E-state index >= 15 is 0 Å². The van der Waals surface area contributed by atoms with E-state index in [4.69, 9.17) is 21.1 Å². The van der Waals surface area contributed by atoms with E-state index in [1.165, 1.54) is 10.7 Å². The lowest BCUT2D eigenvalue weighted by molar-refractivity contribution is 0.102. The number of carbonyl (C=O) groups excluding carboxylic acids is 1. The highest BCUT2D eigenvalue weighted by atomic mass is 35.5. The first-order chi connectivity index (χ1) is 16.0. The van der Waals surface area contributed by atoms with Crippen molar-refractivity contribution >= 4 is 23.3 Å². The van der Waals surface area contributed by atoms with Crippen LogP contribution in [0.25, 0.3) is 0 Å². The summed E-state index contributed by atoms with van der Waals surface area (Å²) in [5, 5.41) is 7.23. The van der Waals surface area contributed by atoms with Crippen LogP contribution in [-0.4, -0.2) is 22.8 Å². The summed E-state index contributed by atoms with van der Waals surface area (Å²) < 4.78 is 26.2. The molecule has 0 saturated heterocycles. The van der Waals surface area contributed by atoms with E-state index in [2.05, 4.69) is 10.4 Å². The number of nitrogens with zero attached hydrogens (tertiary/aromatic N) is 2. The zero-order valence-corrected chi connectivity index (χ0v) is 18.6. The van der Waals surface area contributed by atoms with Gasteiger partial charge in [0.1, 0.15) is 28.9 Å². The Labute approximate surface area is 195 Å². The quantitative estimate of drug-likeness (QED) is 0.370. The number of nitrogens with one attached hydrogen (secondary N) is 1. The third-order valence-corrected chi connectivity index (χ3v) is 5.20. The average Bonchev–Trinajstić information content (AvgIpc) is 3.18. The summed E-state index contributed by atoms with van der Waals surface area (Å²) in [5.41, 5.74) is 1.83. The SMILES string of the molecule is COc1ccc(OCc2ccc(C(=O)Nc3nn(Cc4ccccc4F)cc3Cl)cc2)cc1. The minimum Gasteiger partial charge on any atom is -0.497 e. The van der Waals surface area contributed by atoms with Crippen molar-refractivity contribution < 1.29 is 18.7 Å². The minimum absolute atomic E-state index is 0.200. The molecule has 0 bridgehead atoms. The summed E-state index contributed by atoms with van der Waals surface area (Å²) in [6, 6.07) is 20.8. The van der Waals surface area contributed by atoms with Gasteiger partial charge in [-0.2, -0.15) is 5.10 Å². The molecule has 0 atom stereocenters. The number of methoxy groups -OCH3 is 1. The molecular weight excluding hydrogens is 445 g/mol. The average molecular weight is 466 g/mol. The van der Waals surface area contributed by atoms with E-state index in [0.29, 0.717) is 17.7 Å². The van der Waals surface area contributed by atoms with Crippen LogP contribution in [0.2, 0.25) is 5.02 Å². The van der Waals surface area contributed by atoms with Crippen LogP contribution in [0.4, 0.5) is 10.2 Å². The third kappa shape index (κ3) is 5.70. The fourth-order valence-corrected chi connectivity index (χ4v) is 3.33. The highest BCUT2D eigenvalue weighted by Gasteiger charge is 2.13. The van der Waals surface area contributed by atoms with Gasteiger partial charge in [-0.05, 0) is 48.0 Å². The third-order valence-electron chi connectivity index (χ3n) is 4.92. The molecule has 4 rings (SSSR count). The van der Waals surface area contributed by atoms with Gasteiger partial charge < -0.3 is 14.8 Å². The van der Waals surface area contributed by atoms with Crippen LogP contribution in [-0.2, 0) is 13.2 Å². The number of anilines is 1. The largest absolute Gasteiger partial charge is 0.497 e. The molecule has 4 aromatic rings. The fraction of sp³-hybridized carbons (Fsp3) is 0.120. The summed E-state index contributed by atoms with van der Waals surface area (Å²) in [4.78, 5) is 12.6. The zero-order chi connectivity index (χ0) is 23.2. The van der Waals surface area contributed by atoms with E-state index < -0.39 is 0 Å². The molecule has 0 saturated carbocycles. The second kappa shape index (κ2) is 10.2. The number of hydrogen-bond acceptors (Lipinski definition) is 4. The predicted octanol–water partition coefficient (Wildman–Crippen LogP) is 5.56. The van der Waals surface area contributed by atoms with Gasteiger partial charge in [0.2, 0.25) is 0 Å². The second-order valence-electron chi connectivity index (χ2n) is 7.23. The van der Waals surface area contributed by atoms with Gasteiger partial charge in [0.15, 0.2) is 5.82 Å². The topological polar surface area (TPSA) is 65.4 Å². The van der Waals surface area contributed by atoms with E-state index in [1.54, 1.807) is 43.6 Å². The van der Waals surface area contributed by atoms with Crippen molar-refractivity contribution in [3.63, 3.8) is 0 Å². The Morgan fingerprint density at radius 2 is 1.73 bits per heavy atom. The van der Waals surface area contributed by atoms with Gasteiger partial charge in [-0.3, -0.25) is 9.48 Å². The Bertz CT molecular complexity index is 1240. The van der Waals surface area contributed by atoms with Crippen molar-refractivity contribution in [3.05, 3.63) is 107 Å². The van der Waals surface area contributed by atoms with Crippen LogP contribution < -0.4 is 14.8 Å². The molecule has 1 heterocycles. The zero-order valence-electron chi connectivity index (χ0n) is 17.8. The molecular formula is C25H21ClFN3O3. The van der Waals surface area contributed by atoms with Gasteiger partial charge in [0.05, 0.1) is 13.7 Å². The van der Waals surface area contributed by atoms with Crippen LogP contribution >= 0.6 is 11.6 Å². The lowest BCUT2D eigenvalue weighted by Gasteiger charge is -2.08. The first kappa shape index (κ1) is 22.4. The lowest BCUT2D eigenvalue weighted by Crippen LogP contribution is -2.13. The van der Waals surface area contributed by atoms with E-state index in [9.17, 15) is 9.18 Å². The number of aromatic nitrogens is 2. The second-order valence-corrected chi connectivity index (χ2v) is 7.64. The summed E-state index contributed by atoms with van der Waals surface area (Å²) in [5.74, 6) is 1.01. The van der Waals surface area contributed by atoms with Crippen LogP contribution in [0, 0.1) is 5.82 Å². The van der Waals surface area contributed by atoms with Gasteiger partial charge in [0, 0.05) is 17.3 Å². The molecule has 0 spiro atoms. The van der Waals surface area contributed by atoms with Crippen LogP contribution in [0.3, 0.4) is 0 Å². The molecule has 1 aromatic heterocycles. The molecule has 0 unspecified atom stereocenters.